The number of ketones is 1. The SMILES string of the molecule is CCn1c(SCC(=O)c2ccc(NC(=O)C(C)(C)C)cc2)nnc1-c1cccs1. The van der Waals surface area contributed by atoms with Gasteiger partial charge in [-0.1, -0.05) is 38.6 Å². The Morgan fingerprint density at radius 2 is 1.86 bits per heavy atom. The number of rotatable bonds is 7. The highest BCUT2D eigenvalue weighted by molar-refractivity contribution is 7.99. The molecule has 0 aliphatic carbocycles. The average molecular weight is 429 g/mol. The van der Waals surface area contributed by atoms with E-state index in [1.165, 1.54) is 11.8 Å². The predicted octanol–water partition coefficient (Wildman–Crippen LogP) is 4.99. The molecule has 1 N–H and O–H groups in total. The van der Waals surface area contributed by atoms with E-state index in [9.17, 15) is 9.59 Å². The van der Waals surface area contributed by atoms with Crippen molar-refractivity contribution in [3.8, 4) is 10.7 Å². The summed E-state index contributed by atoms with van der Waals surface area (Å²) in [5.41, 5.74) is 0.815. The Morgan fingerprint density at radius 3 is 2.45 bits per heavy atom. The number of Topliss-reactive ketones (excluding diaryl/α,β-unsaturated/α-hetero) is 1. The minimum absolute atomic E-state index is 0.00650. The lowest BCUT2D eigenvalue weighted by Crippen LogP contribution is -2.27. The minimum atomic E-state index is -0.470. The lowest BCUT2D eigenvalue weighted by molar-refractivity contribution is -0.123. The molecule has 0 atom stereocenters. The summed E-state index contributed by atoms with van der Waals surface area (Å²) >= 11 is 3.00. The zero-order valence-corrected chi connectivity index (χ0v) is 18.6. The highest BCUT2D eigenvalue weighted by atomic mass is 32.2. The van der Waals surface area contributed by atoms with Gasteiger partial charge in [-0.05, 0) is 42.6 Å². The van der Waals surface area contributed by atoms with Crippen molar-refractivity contribution in [3.63, 3.8) is 0 Å². The van der Waals surface area contributed by atoms with Crippen LogP contribution in [0.15, 0.2) is 46.9 Å². The number of amides is 1. The molecule has 3 aromatic rings. The molecule has 1 amide bonds. The van der Waals surface area contributed by atoms with Gasteiger partial charge in [0, 0.05) is 23.2 Å². The zero-order chi connectivity index (χ0) is 21.0. The Labute approximate surface area is 178 Å². The van der Waals surface area contributed by atoms with Crippen molar-refractivity contribution in [1.29, 1.82) is 0 Å². The van der Waals surface area contributed by atoms with Gasteiger partial charge in [0.25, 0.3) is 0 Å². The number of hydrogen-bond acceptors (Lipinski definition) is 6. The van der Waals surface area contributed by atoms with Gasteiger partial charge >= 0.3 is 0 Å². The molecule has 1 aromatic carbocycles. The van der Waals surface area contributed by atoms with Crippen LogP contribution in [-0.2, 0) is 11.3 Å². The molecule has 0 aliphatic heterocycles. The van der Waals surface area contributed by atoms with E-state index in [4.69, 9.17) is 0 Å². The Balaban J connectivity index is 1.63. The molecule has 2 heterocycles. The lowest BCUT2D eigenvalue weighted by atomic mass is 9.95. The first-order valence-electron chi connectivity index (χ1n) is 9.34. The molecule has 29 heavy (non-hydrogen) atoms. The molecule has 0 fully saturated rings. The number of hydrogen-bond donors (Lipinski definition) is 1. The van der Waals surface area contributed by atoms with Crippen molar-refractivity contribution >= 4 is 40.5 Å². The summed E-state index contributed by atoms with van der Waals surface area (Å²) < 4.78 is 2.02. The van der Waals surface area contributed by atoms with Crippen molar-refractivity contribution in [3.05, 3.63) is 47.3 Å². The second kappa shape index (κ2) is 8.92. The summed E-state index contributed by atoms with van der Waals surface area (Å²) in [6.45, 7) is 8.35. The third-order valence-corrected chi connectivity index (χ3v) is 6.09. The molecule has 0 unspecified atom stereocenters. The monoisotopic (exact) mass is 428 g/mol. The third-order valence-electron chi connectivity index (χ3n) is 4.25. The van der Waals surface area contributed by atoms with E-state index < -0.39 is 5.41 Å². The number of thiophene rings is 1. The van der Waals surface area contributed by atoms with Crippen LogP contribution in [0.3, 0.4) is 0 Å². The van der Waals surface area contributed by atoms with E-state index in [-0.39, 0.29) is 17.4 Å². The maximum atomic E-state index is 12.6. The van der Waals surface area contributed by atoms with Gasteiger partial charge in [-0.3, -0.25) is 9.59 Å². The maximum absolute atomic E-state index is 12.6. The Kier molecular flexibility index (Phi) is 6.54. The molecular formula is C21H24N4O2S2. The first-order valence-corrected chi connectivity index (χ1v) is 11.2. The largest absolute Gasteiger partial charge is 0.326 e. The van der Waals surface area contributed by atoms with Gasteiger partial charge in [-0.2, -0.15) is 0 Å². The molecule has 3 rings (SSSR count). The highest BCUT2D eigenvalue weighted by Gasteiger charge is 2.21. The molecule has 0 saturated carbocycles. The van der Waals surface area contributed by atoms with Gasteiger partial charge in [0.2, 0.25) is 5.91 Å². The van der Waals surface area contributed by atoms with Crippen LogP contribution in [0.25, 0.3) is 10.7 Å². The standard InChI is InChI=1S/C21H24N4O2S2/c1-5-25-18(17-7-6-12-28-17)23-24-20(25)29-13-16(26)14-8-10-15(11-9-14)22-19(27)21(2,3)4/h6-12H,5,13H2,1-4H3,(H,22,27). The summed E-state index contributed by atoms with van der Waals surface area (Å²) in [5, 5.41) is 14.2. The third kappa shape index (κ3) is 5.13. The summed E-state index contributed by atoms with van der Waals surface area (Å²) in [6.07, 6.45) is 0. The fourth-order valence-electron chi connectivity index (χ4n) is 2.54. The van der Waals surface area contributed by atoms with Crippen LogP contribution in [0.5, 0.6) is 0 Å². The van der Waals surface area contributed by atoms with Crippen molar-refractivity contribution in [2.24, 2.45) is 5.41 Å². The molecule has 0 aliphatic rings. The van der Waals surface area contributed by atoms with E-state index in [1.807, 2.05) is 49.8 Å². The number of benzene rings is 1. The van der Waals surface area contributed by atoms with E-state index in [2.05, 4.69) is 15.5 Å². The molecular weight excluding hydrogens is 404 g/mol. The molecule has 2 aromatic heterocycles. The number of carbonyl (C=O) groups is 2. The van der Waals surface area contributed by atoms with Gasteiger partial charge in [0.1, 0.15) is 0 Å². The maximum Gasteiger partial charge on any atom is 0.229 e. The second-order valence-electron chi connectivity index (χ2n) is 7.52. The number of thioether (sulfide) groups is 1. The number of anilines is 1. The van der Waals surface area contributed by atoms with Crippen LogP contribution in [0.4, 0.5) is 5.69 Å². The summed E-state index contributed by atoms with van der Waals surface area (Å²) in [4.78, 5) is 25.7. The normalized spacial score (nSPS) is 11.4. The summed E-state index contributed by atoms with van der Waals surface area (Å²) in [6, 6.07) is 11.0. The molecule has 0 saturated heterocycles. The molecule has 0 radical (unpaired) electrons. The highest BCUT2D eigenvalue weighted by Crippen LogP contribution is 2.27. The number of nitrogens with one attached hydrogen (secondary N) is 1. The van der Waals surface area contributed by atoms with Crippen molar-refractivity contribution in [1.82, 2.24) is 14.8 Å². The van der Waals surface area contributed by atoms with Crippen molar-refractivity contribution in [2.45, 2.75) is 39.4 Å². The van der Waals surface area contributed by atoms with E-state index >= 15 is 0 Å². The van der Waals surface area contributed by atoms with Gasteiger partial charge in [0.15, 0.2) is 16.8 Å². The zero-order valence-electron chi connectivity index (χ0n) is 16.9. The van der Waals surface area contributed by atoms with Gasteiger partial charge < -0.3 is 9.88 Å². The number of aromatic nitrogens is 3. The van der Waals surface area contributed by atoms with Crippen LogP contribution < -0.4 is 5.32 Å². The summed E-state index contributed by atoms with van der Waals surface area (Å²) in [5.74, 6) is 1.05. The van der Waals surface area contributed by atoms with Crippen LogP contribution >= 0.6 is 23.1 Å². The molecule has 0 spiro atoms. The first-order chi connectivity index (χ1) is 13.8. The van der Waals surface area contributed by atoms with Crippen molar-refractivity contribution < 1.29 is 9.59 Å². The number of nitrogens with zero attached hydrogens (tertiary/aromatic N) is 3. The smallest absolute Gasteiger partial charge is 0.229 e. The topological polar surface area (TPSA) is 76.9 Å². The fraction of sp³-hybridized carbons (Fsp3) is 0.333. The van der Waals surface area contributed by atoms with Gasteiger partial charge in [-0.15, -0.1) is 21.5 Å². The quantitative estimate of drug-likeness (QED) is 0.424. The Morgan fingerprint density at radius 1 is 1.14 bits per heavy atom. The average Bonchev–Trinajstić information content (AvgIpc) is 3.35. The Bertz CT molecular complexity index is 987. The van der Waals surface area contributed by atoms with E-state index in [0.717, 1.165) is 22.4 Å². The van der Waals surface area contributed by atoms with Crippen LogP contribution in [0.2, 0.25) is 0 Å². The molecule has 6 nitrogen and oxygen atoms in total. The predicted molar refractivity (Wildman–Crippen MR) is 119 cm³/mol. The molecule has 8 heteroatoms. The number of carbonyl (C=O) groups excluding carboxylic acids is 2. The lowest BCUT2D eigenvalue weighted by Gasteiger charge is -2.17. The van der Waals surface area contributed by atoms with E-state index in [0.29, 0.717) is 11.3 Å². The molecule has 0 bridgehead atoms. The van der Waals surface area contributed by atoms with Crippen LogP contribution in [0, 0.1) is 5.41 Å². The van der Waals surface area contributed by atoms with Crippen LogP contribution in [0.1, 0.15) is 38.1 Å². The van der Waals surface area contributed by atoms with Gasteiger partial charge in [0.05, 0.1) is 10.6 Å². The van der Waals surface area contributed by atoms with E-state index in [1.54, 1.807) is 35.6 Å². The fourth-order valence-corrected chi connectivity index (χ4v) is 4.15. The Hall–Kier alpha value is -2.45. The minimum Gasteiger partial charge on any atom is -0.326 e. The van der Waals surface area contributed by atoms with Crippen LogP contribution in [-0.4, -0.2) is 32.2 Å². The summed E-state index contributed by atoms with van der Waals surface area (Å²) in [7, 11) is 0. The van der Waals surface area contributed by atoms with Gasteiger partial charge in [-0.25, -0.2) is 0 Å². The second-order valence-corrected chi connectivity index (χ2v) is 9.41. The van der Waals surface area contributed by atoms with Crippen molar-refractivity contribution in [2.75, 3.05) is 11.1 Å². The first kappa shape index (κ1) is 21.3. The molecule has 152 valence electrons.